The van der Waals surface area contributed by atoms with Crippen LogP contribution in [0.4, 0.5) is 5.69 Å². The van der Waals surface area contributed by atoms with Crippen LogP contribution in [0.25, 0.3) is 0 Å². The Kier molecular flexibility index (Phi) is 3.54. The maximum Gasteiger partial charge on any atom is 0.255 e. The van der Waals surface area contributed by atoms with Crippen LogP contribution in [0, 0.1) is 6.92 Å². The number of benzene rings is 1. The summed E-state index contributed by atoms with van der Waals surface area (Å²) in [6.07, 6.45) is 3.20. The number of rotatable bonds is 2. The van der Waals surface area contributed by atoms with Crippen molar-refractivity contribution in [2.24, 2.45) is 0 Å². The molecule has 0 saturated carbocycles. The van der Waals surface area contributed by atoms with Crippen LogP contribution >= 0.6 is 15.9 Å². The Hall–Kier alpha value is -1.68. The van der Waals surface area contributed by atoms with Gasteiger partial charge in [-0.25, -0.2) is 0 Å². The predicted octanol–water partition coefficient (Wildman–Crippen LogP) is 3.40. The summed E-state index contributed by atoms with van der Waals surface area (Å²) >= 11 is 3.40. The molecule has 1 heterocycles. The smallest absolute Gasteiger partial charge is 0.255 e. The first-order chi connectivity index (χ1) is 8.15. The molecule has 0 fully saturated rings. The summed E-state index contributed by atoms with van der Waals surface area (Å²) in [5.41, 5.74) is 2.46. The van der Waals surface area contributed by atoms with Gasteiger partial charge in [-0.3, -0.25) is 9.78 Å². The van der Waals surface area contributed by atoms with Gasteiger partial charge < -0.3 is 5.32 Å². The summed E-state index contributed by atoms with van der Waals surface area (Å²) in [4.78, 5) is 15.8. The van der Waals surface area contributed by atoms with Gasteiger partial charge in [0.25, 0.3) is 5.91 Å². The fraction of sp³-hybridized carbons (Fsp3) is 0.0769. The summed E-state index contributed by atoms with van der Waals surface area (Å²) in [5.74, 6) is -0.134. The molecule has 86 valence electrons. The second-order valence-electron chi connectivity index (χ2n) is 3.71. The number of nitrogens with zero attached hydrogens (tertiary/aromatic N) is 1. The normalized spacial score (nSPS) is 10.0. The first-order valence-electron chi connectivity index (χ1n) is 5.14. The van der Waals surface area contributed by atoms with Gasteiger partial charge in [-0.1, -0.05) is 15.9 Å². The van der Waals surface area contributed by atoms with Gasteiger partial charge in [-0.05, 0) is 42.8 Å². The lowest BCUT2D eigenvalue weighted by molar-refractivity contribution is 0.102. The van der Waals surface area contributed by atoms with Gasteiger partial charge in [0, 0.05) is 28.1 Å². The molecule has 2 rings (SSSR count). The van der Waals surface area contributed by atoms with E-state index >= 15 is 0 Å². The highest BCUT2D eigenvalue weighted by molar-refractivity contribution is 9.10. The van der Waals surface area contributed by atoms with E-state index in [0.717, 1.165) is 15.7 Å². The number of halogens is 1. The standard InChI is InChI=1S/C13H11BrN2O/c1-9-6-11(14)8-12(7-9)16-13(17)10-2-4-15-5-3-10/h2-8H,1H3,(H,16,17). The first kappa shape index (κ1) is 11.8. The van der Waals surface area contributed by atoms with E-state index in [9.17, 15) is 4.79 Å². The number of nitrogens with one attached hydrogen (secondary N) is 1. The molecule has 0 radical (unpaired) electrons. The van der Waals surface area contributed by atoms with Crippen molar-refractivity contribution in [3.05, 3.63) is 58.3 Å². The zero-order valence-corrected chi connectivity index (χ0v) is 10.9. The average molecular weight is 291 g/mol. The molecule has 1 aromatic carbocycles. The summed E-state index contributed by atoms with van der Waals surface area (Å²) in [5, 5.41) is 2.84. The van der Waals surface area contributed by atoms with Crippen LogP contribution in [0.15, 0.2) is 47.2 Å². The molecular formula is C13H11BrN2O. The van der Waals surface area contributed by atoms with E-state index in [4.69, 9.17) is 0 Å². The van der Waals surface area contributed by atoms with Crippen molar-refractivity contribution < 1.29 is 4.79 Å². The van der Waals surface area contributed by atoms with E-state index in [1.54, 1.807) is 24.5 Å². The molecule has 0 spiro atoms. The van der Waals surface area contributed by atoms with Crippen LogP contribution in [-0.2, 0) is 0 Å². The number of hydrogen-bond acceptors (Lipinski definition) is 2. The SMILES string of the molecule is Cc1cc(Br)cc(NC(=O)c2ccncc2)c1. The van der Waals surface area contributed by atoms with Crippen molar-refractivity contribution in [2.45, 2.75) is 6.92 Å². The molecule has 4 heteroatoms. The summed E-state index contributed by atoms with van der Waals surface area (Å²) < 4.78 is 0.947. The maximum atomic E-state index is 11.9. The second-order valence-corrected chi connectivity index (χ2v) is 4.62. The zero-order valence-electron chi connectivity index (χ0n) is 9.27. The summed E-state index contributed by atoms with van der Waals surface area (Å²) in [7, 11) is 0. The highest BCUT2D eigenvalue weighted by Crippen LogP contribution is 2.19. The average Bonchev–Trinajstić information content (AvgIpc) is 2.28. The molecule has 0 bridgehead atoms. The van der Waals surface area contributed by atoms with Crippen LogP contribution in [-0.4, -0.2) is 10.9 Å². The van der Waals surface area contributed by atoms with Crippen molar-refractivity contribution in [1.82, 2.24) is 4.98 Å². The Morgan fingerprint density at radius 2 is 1.94 bits per heavy atom. The van der Waals surface area contributed by atoms with Crippen molar-refractivity contribution >= 4 is 27.5 Å². The monoisotopic (exact) mass is 290 g/mol. The molecule has 0 aliphatic heterocycles. The van der Waals surface area contributed by atoms with Crippen LogP contribution in [0.5, 0.6) is 0 Å². The van der Waals surface area contributed by atoms with Crippen LogP contribution in [0.3, 0.4) is 0 Å². The van der Waals surface area contributed by atoms with Crippen LogP contribution in [0.1, 0.15) is 15.9 Å². The summed E-state index contributed by atoms with van der Waals surface area (Å²) in [6, 6.07) is 9.14. The Labute approximate surface area is 108 Å². The van der Waals surface area contributed by atoms with Gasteiger partial charge >= 0.3 is 0 Å². The van der Waals surface area contributed by atoms with Gasteiger partial charge in [-0.15, -0.1) is 0 Å². The van der Waals surface area contributed by atoms with E-state index in [2.05, 4.69) is 26.2 Å². The van der Waals surface area contributed by atoms with Gasteiger partial charge in [-0.2, -0.15) is 0 Å². The minimum Gasteiger partial charge on any atom is -0.322 e. The minimum atomic E-state index is -0.134. The summed E-state index contributed by atoms with van der Waals surface area (Å²) in [6.45, 7) is 1.98. The maximum absolute atomic E-state index is 11.9. The van der Waals surface area contributed by atoms with Crippen LogP contribution < -0.4 is 5.32 Å². The molecule has 0 aliphatic carbocycles. The fourth-order valence-electron chi connectivity index (χ4n) is 1.52. The van der Waals surface area contributed by atoms with E-state index in [-0.39, 0.29) is 5.91 Å². The zero-order chi connectivity index (χ0) is 12.3. The van der Waals surface area contributed by atoms with Crippen molar-refractivity contribution in [2.75, 3.05) is 5.32 Å². The third-order valence-electron chi connectivity index (χ3n) is 2.24. The van der Waals surface area contributed by atoms with Crippen molar-refractivity contribution in [3.63, 3.8) is 0 Å². The van der Waals surface area contributed by atoms with Crippen molar-refractivity contribution in [1.29, 1.82) is 0 Å². The quantitative estimate of drug-likeness (QED) is 0.921. The van der Waals surface area contributed by atoms with E-state index in [1.165, 1.54) is 0 Å². The number of hydrogen-bond donors (Lipinski definition) is 1. The third kappa shape index (κ3) is 3.14. The molecular weight excluding hydrogens is 280 g/mol. The lowest BCUT2D eigenvalue weighted by atomic mass is 10.2. The van der Waals surface area contributed by atoms with Gasteiger partial charge in [0.2, 0.25) is 0 Å². The van der Waals surface area contributed by atoms with Gasteiger partial charge in [0.1, 0.15) is 0 Å². The number of aryl methyl sites for hydroxylation is 1. The van der Waals surface area contributed by atoms with Gasteiger partial charge in [0.05, 0.1) is 0 Å². The molecule has 1 amide bonds. The molecule has 0 saturated heterocycles. The molecule has 0 atom stereocenters. The fourth-order valence-corrected chi connectivity index (χ4v) is 2.12. The van der Waals surface area contributed by atoms with Crippen molar-refractivity contribution in [3.8, 4) is 0 Å². The van der Waals surface area contributed by atoms with Crippen LogP contribution in [0.2, 0.25) is 0 Å². The Bertz CT molecular complexity index is 520. The Morgan fingerprint density at radius 1 is 1.24 bits per heavy atom. The Balaban J connectivity index is 2.19. The molecule has 2 aromatic rings. The van der Waals surface area contributed by atoms with E-state index in [0.29, 0.717) is 5.56 Å². The first-order valence-corrected chi connectivity index (χ1v) is 5.93. The largest absolute Gasteiger partial charge is 0.322 e. The minimum absolute atomic E-state index is 0.134. The predicted molar refractivity (Wildman–Crippen MR) is 71.1 cm³/mol. The number of anilines is 1. The second kappa shape index (κ2) is 5.10. The van der Waals surface area contributed by atoms with E-state index in [1.807, 2.05) is 25.1 Å². The molecule has 0 aliphatic rings. The topological polar surface area (TPSA) is 42.0 Å². The number of pyridine rings is 1. The number of aromatic nitrogens is 1. The van der Waals surface area contributed by atoms with Gasteiger partial charge in [0.15, 0.2) is 0 Å². The molecule has 1 N–H and O–H groups in total. The lowest BCUT2D eigenvalue weighted by Gasteiger charge is -2.06. The molecule has 1 aromatic heterocycles. The third-order valence-corrected chi connectivity index (χ3v) is 2.70. The number of carbonyl (C=O) groups excluding carboxylic acids is 1. The molecule has 3 nitrogen and oxygen atoms in total. The van der Waals surface area contributed by atoms with E-state index < -0.39 is 0 Å². The molecule has 0 unspecified atom stereocenters. The molecule has 17 heavy (non-hydrogen) atoms. The highest BCUT2D eigenvalue weighted by Gasteiger charge is 2.05. The Morgan fingerprint density at radius 3 is 2.59 bits per heavy atom. The number of amides is 1. The lowest BCUT2D eigenvalue weighted by Crippen LogP contribution is -2.11. The number of carbonyl (C=O) groups is 1. The highest BCUT2D eigenvalue weighted by atomic mass is 79.9.